The molecule has 0 heterocycles. The van der Waals surface area contributed by atoms with Crippen molar-refractivity contribution in [3.63, 3.8) is 0 Å². The van der Waals surface area contributed by atoms with E-state index in [-0.39, 0.29) is 0 Å². The normalized spacial score (nSPS) is 11.7. The molecule has 0 bridgehead atoms. The molecule has 0 unspecified atom stereocenters. The lowest BCUT2D eigenvalue weighted by Crippen LogP contribution is -2.50. The minimum Gasteiger partial charge on any atom is -0.545 e. The maximum atomic E-state index is 12.5. The number of hydrogen-bond acceptors (Lipinski definition) is 6. The molecule has 2 aromatic carbocycles. The molecule has 0 saturated carbocycles. The van der Waals surface area contributed by atoms with Gasteiger partial charge in [-0.2, -0.15) is 0 Å². The van der Waals surface area contributed by atoms with Gasteiger partial charge in [-0.25, -0.2) is 8.42 Å². The molecule has 0 aliphatic rings. The van der Waals surface area contributed by atoms with Gasteiger partial charge in [-0.05, 0) is 115 Å². The van der Waals surface area contributed by atoms with Gasteiger partial charge in [0.05, 0.1) is 74.1 Å². The number of hydrogen-bond donors (Lipinski definition) is 0. The van der Waals surface area contributed by atoms with Gasteiger partial charge in [-0.3, -0.25) is 0 Å². The summed E-state index contributed by atoms with van der Waals surface area (Å²) in [4.78, 5) is 21.0. The first-order valence-corrected chi connectivity index (χ1v) is 27.4. The van der Waals surface area contributed by atoms with Crippen LogP contribution in [0.4, 0.5) is 0 Å². The van der Waals surface area contributed by atoms with Crippen molar-refractivity contribution < 1.29 is 37.2 Å². The van der Waals surface area contributed by atoms with E-state index in [1.54, 1.807) is 0 Å². The molecule has 2 aromatic rings. The summed E-state index contributed by atoms with van der Waals surface area (Å²) in [5.41, 5.74) is -1.07. The van der Waals surface area contributed by atoms with Crippen molar-refractivity contribution >= 4 is 21.8 Å². The summed E-state index contributed by atoms with van der Waals surface area (Å²) in [6.45, 7) is 30.3. The number of carbonyl (C=O) groups excluding carboxylic acids is 2. The number of quaternary nitrogens is 2. The minimum absolute atomic E-state index is 0.529. The van der Waals surface area contributed by atoms with Gasteiger partial charge in [0, 0.05) is 11.1 Å². The van der Waals surface area contributed by atoms with Crippen molar-refractivity contribution in [1.29, 1.82) is 0 Å². The maximum absolute atomic E-state index is 12.5. The molecule has 0 N–H and O–H groups in total. The molecule has 0 amide bonds. The van der Waals surface area contributed by atoms with Gasteiger partial charge in [-0.15, -0.1) is 0 Å². The Hall–Kier alpha value is -2.75. The average molecular weight is 901 g/mol. The molecule has 63 heavy (non-hydrogen) atoms. The maximum Gasteiger partial charge on any atom is 0.207 e. The Bertz CT molecular complexity index is 1350. The SMILES string of the molecule is CCCCC[N+](CCCCC)(CCCCC)CCCCC.CCCCC[N+](CCCCC)(CCCCC)CCCCC.O=C([O-])c1ccccc1S(=O)(=O)c1ccccc1C(=O)[O-]. The fourth-order valence-electron chi connectivity index (χ4n) is 8.78. The Balaban J connectivity index is 0.000000915. The first-order valence-electron chi connectivity index (χ1n) is 25.9. The first-order chi connectivity index (χ1) is 30.3. The molecular weight excluding hydrogens is 805 g/mol. The van der Waals surface area contributed by atoms with Crippen LogP contribution in [0.15, 0.2) is 58.3 Å². The molecule has 0 fully saturated rings. The number of benzene rings is 2. The van der Waals surface area contributed by atoms with E-state index in [0.29, 0.717) is 0 Å². The Labute approximate surface area is 388 Å². The molecule has 8 nitrogen and oxygen atoms in total. The fraction of sp³-hybridized carbons (Fsp3) is 0.741. The van der Waals surface area contributed by atoms with E-state index < -0.39 is 42.7 Å². The highest BCUT2D eigenvalue weighted by Gasteiger charge is 2.27. The summed E-state index contributed by atoms with van der Waals surface area (Å²) in [5.74, 6) is -3.33. The number of unbranched alkanes of at least 4 members (excludes halogenated alkanes) is 16. The van der Waals surface area contributed by atoms with Gasteiger partial charge < -0.3 is 28.8 Å². The zero-order valence-corrected chi connectivity index (χ0v) is 42.8. The highest BCUT2D eigenvalue weighted by atomic mass is 32.2. The topological polar surface area (TPSA) is 114 Å². The molecule has 0 atom stereocenters. The van der Waals surface area contributed by atoms with E-state index in [1.807, 2.05) is 0 Å². The molecule has 0 aromatic heterocycles. The number of carbonyl (C=O) groups is 2. The number of nitrogens with zero attached hydrogens (tertiary/aromatic N) is 2. The van der Waals surface area contributed by atoms with E-state index in [9.17, 15) is 28.2 Å². The molecule has 0 radical (unpaired) electrons. The second-order valence-corrected chi connectivity index (χ2v) is 20.1. The predicted octanol–water partition coefficient (Wildman–Crippen LogP) is 12.4. The monoisotopic (exact) mass is 901 g/mol. The van der Waals surface area contributed by atoms with Crippen LogP contribution in [0.25, 0.3) is 0 Å². The quantitative estimate of drug-likeness (QED) is 0.0497. The van der Waals surface area contributed by atoms with Crippen molar-refractivity contribution in [2.45, 2.75) is 219 Å². The van der Waals surface area contributed by atoms with Gasteiger partial charge in [0.15, 0.2) is 0 Å². The summed E-state index contributed by atoms with van der Waals surface area (Å²) in [6, 6.07) is 9.65. The van der Waals surface area contributed by atoms with Crippen molar-refractivity contribution in [3.8, 4) is 0 Å². The minimum atomic E-state index is -4.33. The van der Waals surface area contributed by atoms with E-state index in [0.717, 1.165) is 24.3 Å². The van der Waals surface area contributed by atoms with Gasteiger partial charge >= 0.3 is 0 Å². The summed E-state index contributed by atoms with van der Waals surface area (Å²) in [7, 11) is -4.33. The van der Waals surface area contributed by atoms with Crippen LogP contribution in [0, 0.1) is 0 Å². The third kappa shape index (κ3) is 25.5. The van der Waals surface area contributed by atoms with E-state index in [4.69, 9.17) is 0 Å². The molecule has 0 saturated heterocycles. The lowest BCUT2D eigenvalue weighted by Gasteiger charge is -2.39. The second-order valence-electron chi connectivity index (χ2n) is 18.2. The van der Waals surface area contributed by atoms with Gasteiger partial charge in [0.2, 0.25) is 9.84 Å². The van der Waals surface area contributed by atoms with Crippen LogP contribution in [0.1, 0.15) is 230 Å². The molecular formula is C54H96N2O6S. The molecule has 364 valence electrons. The van der Waals surface area contributed by atoms with Crippen LogP contribution in [-0.4, -0.2) is 81.7 Å². The van der Waals surface area contributed by atoms with E-state index in [2.05, 4.69) is 55.4 Å². The van der Waals surface area contributed by atoms with Crippen LogP contribution < -0.4 is 10.2 Å². The standard InChI is InChI=1S/2C20H44N.C14H10O6S/c2*1-5-9-13-17-21(18-14-10-6-2,19-15-11-7-3)20-16-12-8-4;15-13(16)9-5-1-3-7-11(9)21(19,20)12-8-4-2-6-10(12)14(17)18/h2*5-20H2,1-4H3;1-8H,(H,15,16)(H,17,18)/q2*+1;/p-2. The predicted molar refractivity (Wildman–Crippen MR) is 263 cm³/mol. The third-order valence-electron chi connectivity index (χ3n) is 12.7. The van der Waals surface area contributed by atoms with Crippen LogP contribution >= 0.6 is 0 Å². The molecule has 9 heteroatoms. The van der Waals surface area contributed by atoms with E-state index in [1.165, 1.54) is 240 Å². The number of sulfone groups is 1. The van der Waals surface area contributed by atoms with E-state index >= 15 is 0 Å². The van der Waals surface area contributed by atoms with Gasteiger partial charge in [0.1, 0.15) is 0 Å². The summed E-state index contributed by atoms with van der Waals surface area (Å²) >= 11 is 0. The van der Waals surface area contributed by atoms with Crippen LogP contribution in [0.2, 0.25) is 0 Å². The van der Waals surface area contributed by atoms with Crippen molar-refractivity contribution in [2.24, 2.45) is 0 Å². The lowest BCUT2D eigenvalue weighted by molar-refractivity contribution is -0.929. The summed E-state index contributed by atoms with van der Waals surface area (Å²) < 4.78 is 27.9. The van der Waals surface area contributed by atoms with Crippen molar-refractivity contribution in [3.05, 3.63) is 59.7 Å². The smallest absolute Gasteiger partial charge is 0.207 e. The number of carboxylic acids is 2. The summed E-state index contributed by atoms with van der Waals surface area (Å²) in [6.07, 6.45) is 33.8. The Kier molecular flexibility index (Phi) is 35.8. The molecule has 0 aliphatic carbocycles. The molecule has 2 rings (SSSR count). The van der Waals surface area contributed by atoms with Crippen molar-refractivity contribution in [2.75, 3.05) is 52.4 Å². The highest BCUT2D eigenvalue weighted by Crippen LogP contribution is 2.27. The Morgan fingerprint density at radius 3 is 0.730 bits per heavy atom. The van der Waals surface area contributed by atoms with Crippen LogP contribution in [-0.2, 0) is 9.84 Å². The lowest BCUT2D eigenvalue weighted by atomic mass is 10.1. The largest absolute Gasteiger partial charge is 0.545 e. The Morgan fingerprint density at radius 1 is 0.365 bits per heavy atom. The summed E-state index contributed by atoms with van der Waals surface area (Å²) in [5, 5.41) is 22.0. The zero-order chi connectivity index (χ0) is 47.2. The van der Waals surface area contributed by atoms with Crippen LogP contribution in [0.3, 0.4) is 0 Å². The third-order valence-corrected chi connectivity index (χ3v) is 14.6. The number of carboxylic acid groups (broad SMARTS) is 2. The zero-order valence-electron chi connectivity index (χ0n) is 42.0. The molecule has 0 spiro atoms. The van der Waals surface area contributed by atoms with Gasteiger partial charge in [0.25, 0.3) is 0 Å². The Morgan fingerprint density at radius 2 is 0.556 bits per heavy atom. The number of rotatable bonds is 36. The first kappa shape index (κ1) is 60.2. The highest BCUT2D eigenvalue weighted by molar-refractivity contribution is 7.91. The molecule has 0 aliphatic heterocycles. The van der Waals surface area contributed by atoms with Gasteiger partial charge in [-0.1, -0.05) is 143 Å². The fourth-order valence-corrected chi connectivity index (χ4v) is 10.4. The average Bonchev–Trinajstić information content (AvgIpc) is 3.27. The van der Waals surface area contributed by atoms with Crippen LogP contribution in [0.5, 0.6) is 0 Å². The van der Waals surface area contributed by atoms with Crippen molar-refractivity contribution in [1.82, 2.24) is 0 Å². The number of aromatic carboxylic acids is 2. The second kappa shape index (κ2) is 37.5.